The maximum absolute atomic E-state index is 13.2. The van der Waals surface area contributed by atoms with Gasteiger partial charge in [-0.3, -0.25) is 4.79 Å². The van der Waals surface area contributed by atoms with Crippen LogP contribution < -0.4 is 5.32 Å². The zero-order valence-corrected chi connectivity index (χ0v) is 9.82. The van der Waals surface area contributed by atoms with Gasteiger partial charge in [0.1, 0.15) is 5.82 Å². The lowest BCUT2D eigenvalue weighted by Gasteiger charge is -2.03. The van der Waals surface area contributed by atoms with E-state index in [-0.39, 0.29) is 11.7 Å². The molecule has 0 heterocycles. The highest BCUT2D eigenvalue weighted by molar-refractivity contribution is 5.87. The molecule has 0 saturated carbocycles. The predicted octanol–water partition coefficient (Wildman–Crippen LogP) is 2.62. The summed E-state index contributed by atoms with van der Waals surface area (Å²) in [6.07, 6.45) is 7.22. The van der Waals surface area contributed by atoms with Crippen LogP contribution in [0.3, 0.4) is 0 Å². The first-order valence-electron chi connectivity index (χ1n) is 5.54. The van der Waals surface area contributed by atoms with Gasteiger partial charge in [-0.05, 0) is 25.0 Å². The third kappa shape index (κ3) is 5.11. The highest BCUT2D eigenvalue weighted by Crippen LogP contribution is 2.05. The summed E-state index contributed by atoms with van der Waals surface area (Å²) in [7, 11) is 0. The first-order valence-corrected chi connectivity index (χ1v) is 5.54. The van der Waals surface area contributed by atoms with Gasteiger partial charge in [0.25, 0.3) is 0 Å². The monoisotopic (exact) mass is 233 g/mol. The van der Waals surface area contributed by atoms with Crippen LogP contribution in [0.25, 0.3) is 0 Å². The average molecular weight is 233 g/mol. The molecule has 1 rings (SSSR count). The van der Waals surface area contributed by atoms with Gasteiger partial charge in [-0.25, -0.2) is 4.39 Å². The zero-order valence-electron chi connectivity index (χ0n) is 9.82. The van der Waals surface area contributed by atoms with Crippen LogP contribution in [0.5, 0.6) is 0 Å². The van der Waals surface area contributed by atoms with Crippen molar-refractivity contribution in [2.75, 3.05) is 6.54 Å². The van der Waals surface area contributed by atoms with Crippen molar-refractivity contribution < 1.29 is 9.18 Å². The molecule has 0 radical (unpaired) electrons. The number of amides is 1. The smallest absolute Gasteiger partial charge is 0.243 e. The van der Waals surface area contributed by atoms with Crippen LogP contribution in [0.4, 0.5) is 4.39 Å². The van der Waals surface area contributed by atoms with Gasteiger partial charge < -0.3 is 5.32 Å². The molecule has 17 heavy (non-hydrogen) atoms. The zero-order chi connectivity index (χ0) is 12.5. The van der Waals surface area contributed by atoms with Crippen molar-refractivity contribution in [3.05, 3.63) is 60.0 Å². The summed E-state index contributed by atoms with van der Waals surface area (Å²) in [5.74, 6) is -0.398. The molecule has 0 unspecified atom stereocenters. The lowest BCUT2D eigenvalue weighted by Crippen LogP contribution is -2.23. The Labute approximate surface area is 101 Å². The van der Waals surface area contributed by atoms with Gasteiger partial charge in [-0.2, -0.15) is 0 Å². The molecule has 0 aliphatic rings. The van der Waals surface area contributed by atoms with Crippen LogP contribution in [0.15, 0.2) is 48.6 Å². The number of nitrogens with one attached hydrogen (secondary N) is 1. The van der Waals surface area contributed by atoms with Gasteiger partial charge in [0.15, 0.2) is 0 Å². The Morgan fingerprint density at radius 2 is 2.12 bits per heavy atom. The normalized spacial score (nSPS) is 11.2. The Hall–Kier alpha value is -1.90. The fraction of sp³-hybridized carbons (Fsp3) is 0.214. The second kappa shape index (κ2) is 7.39. The minimum absolute atomic E-state index is 0.167. The number of halogens is 1. The average Bonchev–Trinajstić information content (AvgIpc) is 2.32. The van der Waals surface area contributed by atoms with Crippen molar-refractivity contribution in [3.8, 4) is 0 Å². The van der Waals surface area contributed by atoms with Gasteiger partial charge in [0.05, 0.1) is 0 Å². The summed E-state index contributed by atoms with van der Waals surface area (Å²) in [5, 5.41) is 2.69. The van der Waals surface area contributed by atoms with E-state index < -0.39 is 0 Å². The molecule has 0 aliphatic carbocycles. The first-order chi connectivity index (χ1) is 8.24. The lowest BCUT2D eigenvalue weighted by molar-refractivity contribution is -0.116. The minimum atomic E-state index is -0.230. The summed E-state index contributed by atoms with van der Waals surface area (Å²) in [4.78, 5) is 11.3. The van der Waals surface area contributed by atoms with Gasteiger partial charge >= 0.3 is 0 Å². The van der Waals surface area contributed by atoms with Crippen molar-refractivity contribution in [2.45, 2.75) is 13.3 Å². The molecular formula is C14H16FNO. The standard InChI is InChI=1S/C14H16FNO/c1-2-3-4-9-14(17)16-11-10-12-7-5-6-8-13(12)15/h2-9H,10-11H2,1H3,(H,16,17)/b3-2+,9-4+. The quantitative estimate of drug-likeness (QED) is 0.614. The SMILES string of the molecule is C/C=C/C=C/C(=O)NCCc1ccccc1F. The van der Waals surface area contributed by atoms with Crippen LogP contribution >= 0.6 is 0 Å². The lowest BCUT2D eigenvalue weighted by atomic mass is 10.1. The molecule has 1 amide bonds. The summed E-state index contributed by atoms with van der Waals surface area (Å²) in [6.45, 7) is 2.31. The maximum Gasteiger partial charge on any atom is 0.243 e. The Morgan fingerprint density at radius 3 is 2.82 bits per heavy atom. The second-order valence-corrected chi connectivity index (χ2v) is 3.52. The third-order valence-electron chi connectivity index (χ3n) is 2.20. The van der Waals surface area contributed by atoms with E-state index in [1.165, 1.54) is 12.1 Å². The number of rotatable bonds is 5. The van der Waals surface area contributed by atoms with Gasteiger partial charge in [-0.15, -0.1) is 0 Å². The fourth-order valence-electron chi connectivity index (χ4n) is 1.33. The Bertz CT molecular complexity index is 424. The molecule has 1 aromatic carbocycles. The minimum Gasteiger partial charge on any atom is -0.352 e. The number of hydrogen-bond acceptors (Lipinski definition) is 1. The number of carbonyl (C=O) groups is 1. The molecule has 0 bridgehead atoms. The molecule has 0 fully saturated rings. The molecule has 0 spiro atoms. The first kappa shape index (κ1) is 13.2. The fourth-order valence-corrected chi connectivity index (χ4v) is 1.33. The van der Waals surface area contributed by atoms with Crippen molar-refractivity contribution >= 4 is 5.91 Å². The van der Waals surface area contributed by atoms with E-state index in [2.05, 4.69) is 5.32 Å². The molecule has 0 aromatic heterocycles. The third-order valence-corrected chi connectivity index (χ3v) is 2.20. The number of benzene rings is 1. The van der Waals surface area contributed by atoms with Crippen LogP contribution in [0.1, 0.15) is 12.5 Å². The van der Waals surface area contributed by atoms with Crippen molar-refractivity contribution in [1.82, 2.24) is 5.32 Å². The molecule has 3 heteroatoms. The number of hydrogen-bond donors (Lipinski definition) is 1. The molecule has 1 N–H and O–H groups in total. The second-order valence-electron chi connectivity index (χ2n) is 3.52. The van der Waals surface area contributed by atoms with Crippen molar-refractivity contribution in [1.29, 1.82) is 0 Å². The van der Waals surface area contributed by atoms with E-state index >= 15 is 0 Å². The molecule has 0 aliphatic heterocycles. The van der Waals surface area contributed by atoms with E-state index in [1.807, 2.05) is 13.0 Å². The Kier molecular flexibility index (Phi) is 5.72. The summed E-state index contributed by atoms with van der Waals surface area (Å²) >= 11 is 0. The van der Waals surface area contributed by atoms with Crippen molar-refractivity contribution in [2.24, 2.45) is 0 Å². The highest BCUT2D eigenvalue weighted by atomic mass is 19.1. The summed E-state index contributed by atoms with van der Waals surface area (Å²) < 4.78 is 13.2. The van der Waals surface area contributed by atoms with Crippen LogP contribution in [0.2, 0.25) is 0 Å². The van der Waals surface area contributed by atoms with E-state index in [9.17, 15) is 9.18 Å². The van der Waals surface area contributed by atoms with E-state index in [0.29, 0.717) is 18.5 Å². The van der Waals surface area contributed by atoms with Crippen LogP contribution in [0, 0.1) is 5.82 Å². The Morgan fingerprint density at radius 1 is 1.35 bits per heavy atom. The Balaban J connectivity index is 2.33. The molecule has 0 atom stereocenters. The predicted molar refractivity (Wildman–Crippen MR) is 67.1 cm³/mol. The van der Waals surface area contributed by atoms with Crippen molar-refractivity contribution in [3.63, 3.8) is 0 Å². The van der Waals surface area contributed by atoms with Crippen LogP contribution in [-0.4, -0.2) is 12.5 Å². The van der Waals surface area contributed by atoms with Gasteiger partial charge in [-0.1, -0.05) is 36.4 Å². The summed E-state index contributed by atoms with van der Waals surface area (Å²) in [5.41, 5.74) is 0.616. The molecule has 2 nitrogen and oxygen atoms in total. The van der Waals surface area contributed by atoms with Crippen LogP contribution in [-0.2, 0) is 11.2 Å². The molecule has 1 aromatic rings. The van der Waals surface area contributed by atoms with E-state index in [1.54, 1.807) is 30.4 Å². The molecule has 0 saturated heterocycles. The van der Waals surface area contributed by atoms with E-state index in [4.69, 9.17) is 0 Å². The number of allylic oxidation sites excluding steroid dienone is 3. The van der Waals surface area contributed by atoms with Gasteiger partial charge in [0.2, 0.25) is 5.91 Å². The topological polar surface area (TPSA) is 29.1 Å². The molecule has 90 valence electrons. The maximum atomic E-state index is 13.2. The highest BCUT2D eigenvalue weighted by Gasteiger charge is 2.00. The molecular weight excluding hydrogens is 217 g/mol. The number of carbonyl (C=O) groups excluding carboxylic acids is 1. The van der Waals surface area contributed by atoms with E-state index in [0.717, 1.165) is 0 Å². The largest absolute Gasteiger partial charge is 0.352 e. The summed E-state index contributed by atoms with van der Waals surface area (Å²) in [6, 6.07) is 6.57. The van der Waals surface area contributed by atoms with Gasteiger partial charge in [0, 0.05) is 12.6 Å².